The van der Waals surface area contributed by atoms with Crippen molar-refractivity contribution in [1.29, 1.82) is 0 Å². The smallest absolute Gasteiger partial charge is 0.300 e. The van der Waals surface area contributed by atoms with Crippen LogP contribution in [0, 0.1) is 0 Å². The van der Waals surface area contributed by atoms with Gasteiger partial charge in [0.1, 0.15) is 17.6 Å². The molecular formula is C23H16ClNO6S. The fourth-order valence-electron chi connectivity index (χ4n) is 3.82. The number of thiophene rings is 1. The normalized spacial score (nSPS) is 18.9. The van der Waals surface area contributed by atoms with Crippen LogP contribution < -0.4 is 19.1 Å². The minimum absolute atomic E-state index is 0.0173. The average Bonchev–Trinajstić information content (AvgIpc) is 3.53. The van der Waals surface area contributed by atoms with E-state index in [1.54, 1.807) is 30.3 Å². The van der Waals surface area contributed by atoms with Gasteiger partial charge in [0.15, 0.2) is 11.5 Å². The van der Waals surface area contributed by atoms with Crippen molar-refractivity contribution in [3.05, 3.63) is 74.9 Å². The quantitative estimate of drug-likeness (QED) is 0.337. The van der Waals surface area contributed by atoms with E-state index in [0.717, 1.165) is 4.88 Å². The lowest BCUT2D eigenvalue weighted by Gasteiger charge is -2.24. The van der Waals surface area contributed by atoms with Gasteiger partial charge < -0.3 is 19.3 Å². The number of halogens is 1. The van der Waals surface area contributed by atoms with E-state index in [1.807, 2.05) is 17.5 Å². The van der Waals surface area contributed by atoms with E-state index in [9.17, 15) is 14.7 Å². The van der Waals surface area contributed by atoms with Gasteiger partial charge in [-0.15, -0.1) is 11.3 Å². The zero-order chi connectivity index (χ0) is 22.4. The lowest BCUT2D eigenvalue weighted by Crippen LogP contribution is -2.29. The number of benzene rings is 2. The highest BCUT2D eigenvalue weighted by molar-refractivity contribution is 7.10. The van der Waals surface area contributed by atoms with Crippen molar-refractivity contribution in [2.24, 2.45) is 0 Å². The number of methoxy groups -OCH3 is 1. The van der Waals surface area contributed by atoms with Crippen molar-refractivity contribution in [1.82, 2.24) is 0 Å². The molecule has 0 radical (unpaired) electrons. The van der Waals surface area contributed by atoms with Crippen molar-refractivity contribution < 1.29 is 28.9 Å². The molecule has 0 aliphatic carbocycles. The number of aliphatic hydroxyl groups excluding tert-OH is 1. The van der Waals surface area contributed by atoms with Gasteiger partial charge in [-0.2, -0.15) is 0 Å². The molecule has 3 heterocycles. The molecule has 162 valence electrons. The van der Waals surface area contributed by atoms with Crippen LogP contribution in [0.25, 0.3) is 5.76 Å². The van der Waals surface area contributed by atoms with E-state index in [2.05, 4.69) is 0 Å². The minimum Gasteiger partial charge on any atom is -0.507 e. The molecule has 5 rings (SSSR count). The topological polar surface area (TPSA) is 85.3 Å². The number of ketones is 1. The van der Waals surface area contributed by atoms with E-state index < -0.39 is 17.7 Å². The summed E-state index contributed by atoms with van der Waals surface area (Å²) in [5.74, 6) is -0.371. The molecule has 1 aromatic heterocycles. The number of hydrogen-bond acceptors (Lipinski definition) is 7. The maximum Gasteiger partial charge on any atom is 0.300 e. The Morgan fingerprint density at radius 2 is 1.97 bits per heavy atom. The Bertz CT molecular complexity index is 1270. The second kappa shape index (κ2) is 7.89. The van der Waals surface area contributed by atoms with Gasteiger partial charge in [-0.1, -0.05) is 17.7 Å². The largest absolute Gasteiger partial charge is 0.507 e. The number of anilines is 1. The number of amides is 1. The van der Waals surface area contributed by atoms with Crippen LogP contribution >= 0.6 is 22.9 Å². The van der Waals surface area contributed by atoms with Crippen LogP contribution in [-0.4, -0.2) is 30.7 Å². The maximum atomic E-state index is 13.1. The third-order valence-corrected chi connectivity index (χ3v) is 6.54. The summed E-state index contributed by atoms with van der Waals surface area (Å²) in [6, 6.07) is 12.5. The van der Waals surface area contributed by atoms with Gasteiger partial charge >= 0.3 is 0 Å². The molecule has 1 atom stereocenters. The Balaban J connectivity index is 1.67. The molecule has 32 heavy (non-hydrogen) atoms. The summed E-state index contributed by atoms with van der Waals surface area (Å²) in [6.45, 7) is 0.0875. The fraction of sp³-hybridized carbons (Fsp3) is 0.130. The molecule has 2 aliphatic heterocycles. The number of carbonyl (C=O) groups is 2. The third-order valence-electron chi connectivity index (χ3n) is 5.32. The lowest BCUT2D eigenvalue weighted by molar-refractivity contribution is -0.132. The highest BCUT2D eigenvalue weighted by Gasteiger charge is 2.47. The molecule has 2 aromatic carbocycles. The lowest BCUT2D eigenvalue weighted by atomic mass is 9.99. The van der Waals surface area contributed by atoms with Crippen LogP contribution in [0.15, 0.2) is 59.5 Å². The molecule has 1 saturated heterocycles. The highest BCUT2D eigenvalue weighted by atomic mass is 35.5. The predicted molar refractivity (Wildman–Crippen MR) is 120 cm³/mol. The summed E-state index contributed by atoms with van der Waals surface area (Å²) in [4.78, 5) is 28.4. The number of ether oxygens (including phenoxy) is 3. The first-order chi connectivity index (χ1) is 15.5. The third kappa shape index (κ3) is 3.19. The van der Waals surface area contributed by atoms with Crippen molar-refractivity contribution in [3.63, 3.8) is 0 Å². The van der Waals surface area contributed by atoms with E-state index >= 15 is 0 Å². The summed E-state index contributed by atoms with van der Waals surface area (Å²) in [5, 5.41) is 13.2. The Labute approximate surface area is 192 Å². The van der Waals surface area contributed by atoms with Crippen molar-refractivity contribution in [3.8, 4) is 17.2 Å². The van der Waals surface area contributed by atoms with E-state index in [-0.39, 0.29) is 23.1 Å². The van der Waals surface area contributed by atoms with Crippen LogP contribution in [0.3, 0.4) is 0 Å². The van der Waals surface area contributed by atoms with Crippen LogP contribution in [0.4, 0.5) is 5.69 Å². The van der Waals surface area contributed by atoms with E-state index in [4.69, 9.17) is 25.8 Å². The Kier molecular flexibility index (Phi) is 5.03. The molecule has 1 unspecified atom stereocenters. The second-order valence-corrected chi connectivity index (χ2v) is 8.46. The molecule has 7 nitrogen and oxygen atoms in total. The molecule has 3 aromatic rings. The molecule has 0 bridgehead atoms. The number of nitrogens with zero attached hydrogens (tertiary/aromatic N) is 1. The van der Waals surface area contributed by atoms with Crippen molar-refractivity contribution in [2.75, 3.05) is 18.8 Å². The molecule has 1 fully saturated rings. The molecule has 1 amide bonds. The fourth-order valence-corrected chi connectivity index (χ4v) is 4.90. The molecular weight excluding hydrogens is 454 g/mol. The van der Waals surface area contributed by atoms with Gasteiger partial charge in [-0.05, 0) is 41.8 Å². The molecule has 2 aliphatic rings. The van der Waals surface area contributed by atoms with Crippen molar-refractivity contribution >= 4 is 46.1 Å². The van der Waals surface area contributed by atoms with Gasteiger partial charge in [0.25, 0.3) is 11.7 Å². The van der Waals surface area contributed by atoms with Gasteiger partial charge in [-0.3, -0.25) is 14.5 Å². The van der Waals surface area contributed by atoms with Crippen LogP contribution in [0.1, 0.15) is 16.5 Å². The van der Waals surface area contributed by atoms with E-state index in [0.29, 0.717) is 28.5 Å². The number of fused-ring (bicyclic) bond motifs is 1. The second-order valence-electron chi connectivity index (χ2n) is 7.07. The summed E-state index contributed by atoms with van der Waals surface area (Å²) in [7, 11) is 1.48. The SMILES string of the molecule is COc1ccc(/C(O)=C2/C(=O)C(=O)N(c3ccc4c(c3)OCO4)C2c2cccs2)cc1Cl. The molecule has 1 N–H and O–H groups in total. The minimum atomic E-state index is -0.809. The van der Waals surface area contributed by atoms with Crippen LogP contribution in [0.2, 0.25) is 5.02 Å². The average molecular weight is 470 g/mol. The molecule has 0 saturated carbocycles. The number of Topliss-reactive ketones (excluding diaryl/α,β-unsaturated/α-hetero) is 1. The zero-order valence-electron chi connectivity index (χ0n) is 16.7. The predicted octanol–water partition coefficient (Wildman–Crippen LogP) is 4.77. The van der Waals surface area contributed by atoms with Crippen LogP contribution in [0.5, 0.6) is 17.2 Å². The van der Waals surface area contributed by atoms with Crippen LogP contribution in [-0.2, 0) is 9.59 Å². The summed E-state index contributed by atoms with van der Waals surface area (Å²) in [5.41, 5.74) is 0.749. The first-order valence-electron chi connectivity index (χ1n) is 9.57. The van der Waals surface area contributed by atoms with E-state index in [1.165, 1.54) is 29.4 Å². The van der Waals surface area contributed by atoms with Crippen molar-refractivity contribution in [2.45, 2.75) is 6.04 Å². The Morgan fingerprint density at radius 1 is 1.16 bits per heavy atom. The first kappa shape index (κ1) is 20.4. The number of carbonyl (C=O) groups excluding carboxylic acids is 2. The molecule has 0 spiro atoms. The first-order valence-corrected chi connectivity index (χ1v) is 10.8. The highest BCUT2D eigenvalue weighted by Crippen LogP contribution is 2.46. The van der Waals surface area contributed by atoms with Gasteiger partial charge in [0, 0.05) is 22.2 Å². The number of aliphatic hydroxyl groups is 1. The summed E-state index contributed by atoms with van der Waals surface area (Å²) in [6.07, 6.45) is 0. The Hall–Kier alpha value is -3.49. The number of rotatable bonds is 4. The molecule has 9 heteroatoms. The summed E-state index contributed by atoms with van der Waals surface area (Å²) >= 11 is 7.60. The monoisotopic (exact) mass is 469 g/mol. The Morgan fingerprint density at radius 3 is 2.69 bits per heavy atom. The number of hydrogen-bond donors (Lipinski definition) is 1. The van der Waals surface area contributed by atoms with Gasteiger partial charge in [-0.25, -0.2) is 0 Å². The zero-order valence-corrected chi connectivity index (χ0v) is 18.3. The standard InChI is InChI=1S/C23H16ClNO6S/c1-29-15-6-4-12(9-14(15)24)21(26)19-20(18-3-2-8-32-18)25(23(28)22(19)27)13-5-7-16-17(10-13)31-11-30-16/h2-10,20,26H,11H2,1H3/b21-19-. The van der Waals surface area contributed by atoms with Gasteiger partial charge in [0.2, 0.25) is 6.79 Å². The summed E-state index contributed by atoms with van der Waals surface area (Å²) < 4.78 is 15.9. The van der Waals surface area contributed by atoms with Gasteiger partial charge in [0.05, 0.1) is 17.7 Å². The maximum absolute atomic E-state index is 13.1.